The Morgan fingerprint density at radius 2 is 1.61 bits per heavy atom. The molecule has 0 saturated heterocycles. The summed E-state index contributed by atoms with van der Waals surface area (Å²) in [6.07, 6.45) is 1.10. The van der Waals surface area contributed by atoms with Crippen LogP contribution in [0, 0.1) is 0 Å². The summed E-state index contributed by atoms with van der Waals surface area (Å²) in [5, 5.41) is 19.8. The van der Waals surface area contributed by atoms with Gasteiger partial charge >= 0.3 is 11.9 Å². The van der Waals surface area contributed by atoms with Crippen LogP contribution < -0.4 is 0 Å². The van der Waals surface area contributed by atoms with Crippen molar-refractivity contribution >= 4 is 23.0 Å². The van der Waals surface area contributed by atoms with Gasteiger partial charge in [-0.1, -0.05) is 39.5 Å². The Balaban J connectivity index is 1.77. The van der Waals surface area contributed by atoms with E-state index in [9.17, 15) is 14.7 Å². The molecule has 0 aliphatic rings. The van der Waals surface area contributed by atoms with Crippen molar-refractivity contribution in [1.82, 2.24) is 15.0 Å². The van der Waals surface area contributed by atoms with Gasteiger partial charge in [-0.15, -0.1) is 15.0 Å². The van der Waals surface area contributed by atoms with Gasteiger partial charge in [-0.05, 0) is 49.4 Å². The molecule has 0 radical (unpaired) electrons. The zero-order valence-electron chi connectivity index (χ0n) is 19.4. The molecule has 8 heteroatoms. The van der Waals surface area contributed by atoms with Gasteiger partial charge in [-0.2, -0.15) is 0 Å². The minimum Gasteiger partial charge on any atom is -0.505 e. The highest BCUT2D eigenvalue weighted by Gasteiger charge is 2.25. The van der Waals surface area contributed by atoms with Gasteiger partial charge in [-0.3, -0.25) is 0 Å². The zero-order chi connectivity index (χ0) is 24.2. The molecule has 3 aromatic rings. The third-order valence-electron chi connectivity index (χ3n) is 4.99. The molecule has 0 aliphatic carbocycles. The van der Waals surface area contributed by atoms with Crippen LogP contribution in [-0.2, 0) is 19.7 Å². The summed E-state index contributed by atoms with van der Waals surface area (Å²) < 4.78 is 10.4. The standard InChI is InChI=1S/C25H29N3O5/c1-16(2)23(30)32-12-8-9-13-33-24(31)17-14-18(25(3,4)5)22(29)21(15-17)28-26-19-10-6-7-11-20(19)27-28/h6-7,10-11,14-15,29H,1,8-9,12-13H2,2-5H3. The number of fused-ring (bicyclic) bond motifs is 1. The van der Waals surface area contributed by atoms with Gasteiger partial charge in [-0.25, -0.2) is 9.59 Å². The number of phenolic OH excluding ortho intramolecular Hbond substituents is 1. The lowest BCUT2D eigenvalue weighted by molar-refractivity contribution is -0.139. The summed E-state index contributed by atoms with van der Waals surface area (Å²) >= 11 is 0. The van der Waals surface area contributed by atoms with E-state index in [2.05, 4.69) is 16.8 Å². The normalized spacial score (nSPS) is 11.4. The molecule has 0 unspecified atom stereocenters. The second-order valence-corrected chi connectivity index (χ2v) is 8.88. The number of phenols is 1. The maximum atomic E-state index is 12.8. The number of hydrogen-bond donors (Lipinski definition) is 1. The molecule has 3 rings (SSSR count). The molecule has 1 aromatic heterocycles. The number of esters is 2. The quantitative estimate of drug-likeness (QED) is 0.306. The molecule has 33 heavy (non-hydrogen) atoms. The van der Waals surface area contributed by atoms with Crippen LogP contribution in [0.4, 0.5) is 0 Å². The predicted molar refractivity (Wildman–Crippen MR) is 125 cm³/mol. The average Bonchev–Trinajstić information content (AvgIpc) is 3.19. The smallest absolute Gasteiger partial charge is 0.338 e. The lowest BCUT2D eigenvalue weighted by atomic mass is 9.85. The molecule has 0 bridgehead atoms. The number of hydrogen-bond acceptors (Lipinski definition) is 7. The fourth-order valence-electron chi connectivity index (χ4n) is 3.17. The van der Waals surface area contributed by atoms with E-state index in [0.29, 0.717) is 46.3 Å². The number of aromatic nitrogens is 3. The number of unbranched alkanes of at least 4 members (excludes halogenated alkanes) is 1. The number of aromatic hydroxyl groups is 1. The summed E-state index contributed by atoms with van der Waals surface area (Å²) in [6.45, 7) is 11.4. The van der Waals surface area contributed by atoms with Gasteiger partial charge in [0.1, 0.15) is 22.5 Å². The van der Waals surface area contributed by atoms with Crippen LogP contribution >= 0.6 is 0 Å². The third kappa shape index (κ3) is 5.77. The van der Waals surface area contributed by atoms with E-state index in [1.165, 1.54) is 10.9 Å². The molecule has 0 amide bonds. The monoisotopic (exact) mass is 451 g/mol. The van der Waals surface area contributed by atoms with Crippen LogP contribution in [0.25, 0.3) is 16.7 Å². The lowest BCUT2D eigenvalue weighted by Crippen LogP contribution is -2.16. The molecule has 174 valence electrons. The van der Waals surface area contributed by atoms with Crippen molar-refractivity contribution in [2.45, 2.75) is 46.0 Å². The van der Waals surface area contributed by atoms with E-state index in [0.717, 1.165) is 0 Å². The molecule has 0 fully saturated rings. The summed E-state index contributed by atoms with van der Waals surface area (Å²) in [6, 6.07) is 10.5. The van der Waals surface area contributed by atoms with Gasteiger partial charge in [0.15, 0.2) is 0 Å². The molecule has 8 nitrogen and oxygen atoms in total. The molecule has 0 spiro atoms. The first-order valence-electron chi connectivity index (χ1n) is 10.8. The third-order valence-corrected chi connectivity index (χ3v) is 4.99. The average molecular weight is 452 g/mol. The van der Waals surface area contributed by atoms with Crippen LogP contribution in [-0.4, -0.2) is 45.3 Å². The van der Waals surface area contributed by atoms with Crippen molar-refractivity contribution in [3.05, 3.63) is 59.7 Å². The van der Waals surface area contributed by atoms with Crippen molar-refractivity contribution in [2.24, 2.45) is 0 Å². The Labute approximate surface area is 192 Å². The highest BCUT2D eigenvalue weighted by molar-refractivity contribution is 5.91. The molecule has 0 aliphatic heterocycles. The first kappa shape index (κ1) is 24.0. The van der Waals surface area contributed by atoms with Gasteiger partial charge in [0, 0.05) is 11.1 Å². The summed E-state index contributed by atoms with van der Waals surface area (Å²) in [5.41, 5.74) is 2.44. The fraction of sp³-hybridized carbons (Fsp3) is 0.360. The highest BCUT2D eigenvalue weighted by Crippen LogP contribution is 2.36. The Morgan fingerprint density at radius 3 is 2.15 bits per heavy atom. The number of rotatable bonds is 8. The summed E-state index contributed by atoms with van der Waals surface area (Å²) in [7, 11) is 0. The number of nitrogens with zero attached hydrogens (tertiary/aromatic N) is 3. The molecule has 2 aromatic carbocycles. The zero-order valence-corrected chi connectivity index (χ0v) is 19.4. The van der Waals surface area contributed by atoms with E-state index in [1.54, 1.807) is 13.0 Å². The largest absolute Gasteiger partial charge is 0.505 e. The van der Waals surface area contributed by atoms with Crippen molar-refractivity contribution in [1.29, 1.82) is 0 Å². The Bertz CT molecular complexity index is 1160. The summed E-state index contributed by atoms with van der Waals surface area (Å²) in [5.74, 6) is -0.936. The first-order valence-corrected chi connectivity index (χ1v) is 10.8. The minimum absolute atomic E-state index is 0.0127. The molecule has 0 atom stereocenters. The van der Waals surface area contributed by atoms with Crippen LogP contribution in [0.15, 0.2) is 48.6 Å². The second kappa shape index (κ2) is 9.85. The molecule has 0 saturated carbocycles. The Kier molecular flexibility index (Phi) is 7.16. The Hall–Kier alpha value is -3.68. The first-order chi connectivity index (χ1) is 15.6. The minimum atomic E-state index is -0.516. The SMILES string of the molecule is C=C(C)C(=O)OCCCCOC(=O)c1cc(-n2nc3ccccc3n2)c(O)c(C(C)(C)C)c1. The molecule has 1 heterocycles. The van der Waals surface area contributed by atoms with E-state index in [1.807, 2.05) is 45.0 Å². The maximum absolute atomic E-state index is 12.8. The maximum Gasteiger partial charge on any atom is 0.338 e. The number of benzene rings is 2. The van der Waals surface area contributed by atoms with E-state index >= 15 is 0 Å². The highest BCUT2D eigenvalue weighted by atomic mass is 16.5. The second-order valence-electron chi connectivity index (χ2n) is 8.88. The number of carbonyl (C=O) groups excluding carboxylic acids is 2. The van der Waals surface area contributed by atoms with Crippen LogP contribution in [0.1, 0.15) is 56.5 Å². The van der Waals surface area contributed by atoms with Crippen LogP contribution in [0.5, 0.6) is 5.75 Å². The Morgan fingerprint density at radius 1 is 1.03 bits per heavy atom. The lowest BCUT2D eigenvalue weighted by Gasteiger charge is -2.22. The molecular weight excluding hydrogens is 422 g/mol. The van der Waals surface area contributed by atoms with Crippen LogP contribution in [0.2, 0.25) is 0 Å². The van der Waals surface area contributed by atoms with E-state index in [-0.39, 0.29) is 19.0 Å². The van der Waals surface area contributed by atoms with Crippen molar-refractivity contribution < 1.29 is 24.2 Å². The predicted octanol–water partition coefficient (Wildman–Crippen LogP) is 4.48. The van der Waals surface area contributed by atoms with Gasteiger partial charge in [0.25, 0.3) is 0 Å². The molecule has 1 N–H and O–H groups in total. The van der Waals surface area contributed by atoms with Gasteiger partial charge in [0.2, 0.25) is 0 Å². The van der Waals surface area contributed by atoms with Crippen molar-refractivity contribution in [2.75, 3.05) is 13.2 Å². The van der Waals surface area contributed by atoms with Crippen LogP contribution in [0.3, 0.4) is 0 Å². The van der Waals surface area contributed by atoms with E-state index in [4.69, 9.17) is 9.47 Å². The topological polar surface area (TPSA) is 104 Å². The molecular formula is C25H29N3O5. The van der Waals surface area contributed by atoms with Crippen molar-refractivity contribution in [3.8, 4) is 11.4 Å². The van der Waals surface area contributed by atoms with Crippen molar-refractivity contribution in [3.63, 3.8) is 0 Å². The number of ether oxygens (including phenoxy) is 2. The fourth-order valence-corrected chi connectivity index (χ4v) is 3.17. The van der Waals surface area contributed by atoms with E-state index < -0.39 is 17.4 Å². The summed E-state index contributed by atoms with van der Waals surface area (Å²) in [4.78, 5) is 25.5. The van der Waals surface area contributed by atoms with Gasteiger partial charge < -0.3 is 14.6 Å². The number of carbonyl (C=O) groups is 2. The van der Waals surface area contributed by atoms with Gasteiger partial charge in [0.05, 0.1) is 18.8 Å².